The fourth-order valence-electron chi connectivity index (χ4n) is 2.01. The van der Waals surface area contributed by atoms with Crippen molar-refractivity contribution in [2.24, 2.45) is 13.0 Å². The highest BCUT2D eigenvalue weighted by atomic mass is 16.6. The maximum Gasteiger partial charge on any atom is 0.333 e. The van der Waals surface area contributed by atoms with Crippen molar-refractivity contribution in [1.82, 2.24) is 15.1 Å². The third-order valence-corrected chi connectivity index (χ3v) is 3.41. The summed E-state index contributed by atoms with van der Waals surface area (Å²) in [6, 6.07) is -0.732. The van der Waals surface area contributed by atoms with E-state index in [1.165, 1.54) is 18.5 Å². The molecule has 10 nitrogen and oxygen atoms in total. The first-order valence-electron chi connectivity index (χ1n) is 7.14. The Bertz CT molecular complexity index is 612. The second-order valence-corrected chi connectivity index (χ2v) is 5.25. The molecule has 23 heavy (non-hydrogen) atoms. The van der Waals surface area contributed by atoms with E-state index in [1.807, 2.05) is 0 Å². The number of carbonyl (C=O) groups is 2. The Morgan fingerprint density at radius 2 is 2.09 bits per heavy atom. The minimum absolute atomic E-state index is 0.0150. The van der Waals surface area contributed by atoms with Crippen LogP contribution >= 0.6 is 0 Å². The van der Waals surface area contributed by atoms with Crippen LogP contribution < -0.4 is 10.6 Å². The summed E-state index contributed by atoms with van der Waals surface area (Å²) in [4.78, 5) is 33.5. The van der Waals surface area contributed by atoms with Gasteiger partial charge in [0.2, 0.25) is 11.7 Å². The van der Waals surface area contributed by atoms with Gasteiger partial charge in [-0.2, -0.15) is 5.10 Å². The highest BCUT2D eigenvalue weighted by Gasteiger charge is 2.28. The van der Waals surface area contributed by atoms with Crippen LogP contribution in [-0.4, -0.2) is 44.3 Å². The third kappa shape index (κ3) is 4.41. The van der Waals surface area contributed by atoms with Crippen LogP contribution in [0.15, 0.2) is 0 Å². The SMILES string of the molecule is CCC(Nc1c([N+](=O)[O-])c(C)nn1C)C(=O)NCC(C)C(=O)O. The Labute approximate surface area is 133 Å². The molecule has 3 N–H and O–H groups in total. The minimum atomic E-state index is -1.01. The first-order chi connectivity index (χ1) is 10.7. The molecule has 0 saturated heterocycles. The largest absolute Gasteiger partial charge is 0.481 e. The van der Waals surface area contributed by atoms with Crippen LogP contribution in [0.3, 0.4) is 0 Å². The number of hydrogen-bond acceptors (Lipinski definition) is 6. The van der Waals surface area contributed by atoms with Crippen LogP contribution in [0.5, 0.6) is 0 Å². The van der Waals surface area contributed by atoms with Crippen molar-refractivity contribution in [3.05, 3.63) is 15.8 Å². The molecular weight excluding hydrogens is 306 g/mol. The second-order valence-electron chi connectivity index (χ2n) is 5.25. The molecule has 1 heterocycles. The molecule has 1 amide bonds. The first-order valence-corrected chi connectivity index (χ1v) is 7.14. The molecule has 10 heteroatoms. The molecular formula is C13H21N5O5. The smallest absolute Gasteiger partial charge is 0.333 e. The number of carboxylic acids is 1. The lowest BCUT2D eigenvalue weighted by atomic mass is 10.1. The van der Waals surface area contributed by atoms with Crippen LogP contribution in [0, 0.1) is 23.0 Å². The van der Waals surface area contributed by atoms with Crippen molar-refractivity contribution in [2.75, 3.05) is 11.9 Å². The van der Waals surface area contributed by atoms with Gasteiger partial charge in [-0.05, 0) is 13.3 Å². The quantitative estimate of drug-likeness (QED) is 0.471. The van der Waals surface area contributed by atoms with Gasteiger partial charge in [0.05, 0.1) is 10.8 Å². The highest BCUT2D eigenvalue weighted by Crippen LogP contribution is 2.28. The summed E-state index contributed by atoms with van der Waals surface area (Å²) in [5.74, 6) is -2.01. The first kappa shape index (κ1) is 18.4. The Morgan fingerprint density at radius 3 is 2.57 bits per heavy atom. The zero-order valence-electron chi connectivity index (χ0n) is 13.5. The van der Waals surface area contributed by atoms with Gasteiger partial charge in [0.1, 0.15) is 11.7 Å². The van der Waals surface area contributed by atoms with Gasteiger partial charge in [0, 0.05) is 13.6 Å². The van der Waals surface area contributed by atoms with Crippen molar-refractivity contribution in [3.8, 4) is 0 Å². The average molecular weight is 327 g/mol. The molecule has 0 radical (unpaired) electrons. The third-order valence-electron chi connectivity index (χ3n) is 3.41. The van der Waals surface area contributed by atoms with E-state index >= 15 is 0 Å². The molecule has 0 fully saturated rings. The lowest BCUT2D eigenvalue weighted by Crippen LogP contribution is -2.42. The number of nitrogens with one attached hydrogen (secondary N) is 2. The molecule has 0 aliphatic carbocycles. The minimum Gasteiger partial charge on any atom is -0.481 e. The Hall–Kier alpha value is -2.65. The predicted octanol–water partition coefficient (Wildman–Crippen LogP) is 0.664. The summed E-state index contributed by atoms with van der Waals surface area (Å²) in [6.07, 6.45) is 0.370. The van der Waals surface area contributed by atoms with Gasteiger partial charge in [0.15, 0.2) is 0 Å². The highest BCUT2D eigenvalue weighted by molar-refractivity contribution is 5.85. The second kappa shape index (κ2) is 7.56. The molecule has 128 valence electrons. The van der Waals surface area contributed by atoms with E-state index in [1.54, 1.807) is 14.0 Å². The van der Waals surface area contributed by atoms with Crippen LogP contribution in [0.4, 0.5) is 11.5 Å². The van der Waals surface area contributed by atoms with Gasteiger partial charge in [-0.3, -0.25) is 19.7 Å². The van der Waals surface area contributed by atoms with Crippen LogP contribution in [0.25, 0.3) is 0 Å². The van der Waals surface area contributed by atoms with Crippen molar-refractivity contribution >= 4 is 23.4 Å². The number of hydrogen-bond donors (Lipinski definition) is 3. The summed E-state index contributed by atoms with van der Waals surface area (Å²) in [5, 5.41) is 29.3. The van der Waals surface area contributed by atoms with Crippen molar-refractivity contribution in [3.63, 3.8) is 0 Å². The summed E-state index contributed by atoms with van der Waals surface area (Å²) in [6.45, 7) is 4.72. The van der Waals surface area contributed by atoms with Crippen molar-refractivity contribution in [2.45, 2.75) is 33.2 Å². The lowest BCUT2D eigenvalue weighted by molar-refractivity contribution is -0.384. The fourth-order valence-corrected chi connectivity index (χ4v) is 2.01. The van der Waals surface area contributed by atoms with Crippen LogP contribution in [0.2, 0.25) is 0 Å². The van der Waals surface area contributed by atoms with Gasteiger partial charge in [0.25, 0.3) is 0 Å². The van der Waals surface area contributed by atoms with Crippen LogP contribution in [-0.2, 0) is 16.6 Å². The lowest BCUT2D eigenvalue weighted by Gasteiger charge is -2.18. The number of nitro groups is 1. The van der Waals surface area contributed by atoms with E-state index in [2.05, 4.69) is 15.7 Å². The maximum absolute atomic E-state index is 12.1. The molecule has 0 aliphatic rings. The Balaban J connectivity index is 2.86. The van der Waals surface area contributed by atoms with Gasteiger partial charge in [-0.1, -0.05) is 13.8 Å². The summed E-state index contributed by atoms with van der Waals surface area (Å²) in [5.41, 5.74) is 0.0624. The normalized spacial score (nSPS) is 13.2. The van der Waals surface area contributed by atoms with E-state index in [-0.39, 0.29) is 23.7 Å². The van der Waals surface area contributed by atoms with E-state index in [0.717, 1.165) is 0 Å². The van der Waals surface area contributed by atoms with E-state index in [9.17, 15) is 19.7 Å². The monoisotopic (exact) mass is 327 g/mol. The summed E-state index contributed by atoms with van der Waals surface area (Å²) in [7, 11) is 1.54. The maximum atomic E-state index is 12.1. The standard InChI is InChI=1S/C13H21N5O5/c1-5-9(12(19)14-6-7(2)13(20)21)15-11-10(18(22)23)8(3)16-17(11)4/h7,9,15H,5-6H2,1-4H3,(H,14,19)(H,20,21). The van der Waals surface area contributed by atoms with E-state index < -0.39 is 28.8 Å². The zero-order chi connectivity index (χ0) is 17.7. The number of carbonyl (C=O) groups excluding carboxylic acids is 1. The molecule has 0 saturated carbocycles. The number of aryl methyl sites for hydroxylation is 2. The average Bonchev–Trinajstić information content (AvgIpc) is 2.75. The molecule has 0 bridgehead atoms. The molecule has 1 rings (SSSR count). The number of anilines is 1. The topological polar surface area (TPSA) is 139 Å². The number of aromatic nitrogens is 2. The van der Waals surface area contributed by atoms with E-state index in [0.29, 0.717) is 6.42 Å². The van der Waals surface area contributed by atoms with E-state index in [4.69, 9.17) is 5.11 Å². The fraction of sp³-hybridized carbons (Fsp3) is 0.615. The molecule has 0 aromatic carbocycles. The Kier molecular flexibility index (Phi) is 6.05. The van der Waals surface area contributed by atoms with Gasteiger partial charge in [-0.15, -0.1) is 0 Å². The predicted molar refractivity (Wildman–Crippen MR) is 82.1 cm³/mol. The molecule has 1 aromatic rings. The van der Waals surface area contributed by atoms with Crippen LogP contribution in [0.1, 0.15) is 26.0 Å². The molecule has 2 unspecified atom stereocenters. The van der Waals surface area contributed by atoms with Crippen molar-refractivity contribution < 1.29 is 19.6 Å². The molecule has 1 aromatic heterocycles. The number of rotatable bonds is 8. The summed E-state index contributed by atoms with van der Waals surface area (Å²) >= 11 is 0. The number of aliphatic carboxylic acids is 1. The van der Waals surface area contributed by atoms with Gasteiger partial charge < -0.3 is 15.7 Å². The molecule has 0 spiro atoms. The van der Waals surface area contributed by atoms with Gasteiger partial charge >= 0.3 is 11.7 Å². The number of carboxylic acid groups (broad SMARTS) is 1. The Morgan fingerprint density at radius 1 is 1.48 bits per heavy atom. The number of amides is 1. The zero-order valence-corrected chi connectivity index (χ0v) is 13.5. The molecule has 0 aliphatic heterocycles. The number of nitrogens with zero attached hydrogens (tertiary/aromatic N) is 3. The molecule has 2 atom stereocenters. The van der Waals surface area contributed by atoms with Crippen molar-refractivity contribution in [1.29, 1.82) is 0 Å². The van der Waals surface area contributed by atoms with Gasteiger partial charge in [-0.25, -0.2) is 4.68 Å². The summed E-state index contributed by atoms with van der Waals surface area (Å²) < 4.78 is 1.31.